The maximum absolute atomic E-state index is 12.2. The molecule has 0 spiro atoms. The number of carbonyl (C=O) groups is 1. The molecular weight excluding hydrogens is 306 g/mol. The van der Waals surface area contributed by atoms with Crippen LogP contribution in [0.2, 0.25) is 0 Å². The van der Waals surface area contributed by atoms with Gasteiger partial charge in [-0.15, -0.1) is 0 Å². The number of amides is 1. The highest BCUT2D eigenvalue weighted by molar-refractivity contribution is 7.92. The molecule has 0 atom stereocenters. The van der Waals surface area contributed by atoms with E-state index in [9.17, 15) is 13.2 Å². The first-order valence-electron chi connectivity index (χ1n) is 7.06. The van der Waals surface area contributed by atoms with Crippen LogP contribution in [-0.4, -0.2) is 40.8 Å². The van der Waals surface area contributed by atoms with Crippen molar-refractivity contribution in [3.8, 4) is 5.75 Å². The van der Waals surface area contributed by atoms with Gasteiger partial charge in [0.2, 0.25) is 15.9 Å². The van der Waals surface area contributed by atoms with E-state index in [2.05, 4.69) is 15.4 Å². The number of carbonyl (C=O) groups excluding carboxylic acids is 1. The van der Waals surface area contributed by atoms with Crippen LogP contribution in [0.3, 0.4) is 0 Å². The third-order valence-corrected chi connectivity index (χ3v) is 4.06. The summed E-state index contributed by atoms with van der Waals surface area (Å²) in [4.78, 5) is 12.2. The molecule has 1 saturated heterocycles. The van der Waals surface area contributed by atoms with Crippen molar-refractivity contribution in [2.75, 3.05) is 36.5 Å². The third kappa shape index (κ3) is 4.60. The number of piperidine rings is 1. The number of ether oxygens (including phenoxy) is 1. The molecule has 22 heavy (non-hydrogen) atoms. The number of hydrogen-bond donors (Lipinski definition) is 3. The summed E-state index contributed by atoms with van der Waals surface area (Å²) in [5, 5.41) is 6.04. The van der Waals surface area contributed by atoms with Gasteiger partial charge in [0.15, 0.2) is 0 Å². The Balaban J connectivity index is 2.14. The summed E-state index contributed by atoms with van der Waals surface area (Å²) in [5.74, 6) is 0.330. The molecule has 0 bridgehead atoms. The molecule has 0 aromatic heterocycles. The number of benzene rings is 1. The van der Waals surface area contributed by atoms with Crippen LogP contribution in [0.4, 0.5) is 11.4 Å². The monoisotopic (exact) mass is 327 g/mol. The second-order valence-corrected chi connectivity index (χ2v) is 7.05. The fraction of sp³-hybridized carbons (Fsp3) is 0.500. The highest BCUT2D eigenvalue weighted by Crippen LogP contribution is 2.29. The molecule has 1 aromatic rings. The number of nitrogens with one attached hydrogen (secondary N) is 3. The zero-order valence-corrected chi connectivity index (χ0v) is 13.5. The lowest BCUT2D eigenvalue weighted by molar-refractivity contribution is -0.120. The lowest BCUT2D eigenvalue weighted by Gasteiger charge is -2.22. The normalized spacial score (nSPS) is 16.1. The summed E-state index contributed by atoms with van der Waals surface area (Å²) in [6.07, 6.45) is 2.67. The second kappa shape index (κ2) is 6.97. The Morgan fingerprint density at radius 1 is 1.32 bits per heavy atom. The van der Waals surface area contributed by atoms with Gasteiger partial charge in [-0.25, -0.2) is 8.42 Å². The van der Waals surface area contributed by atoms with Crippen LogP contribution < -0.4 is 20.1 Å². The Hall–Kier alpha value is -1.80. The quantitative estimate of drug-likeness (QED) is 0.750. The molecule has 3 N–H and O–H groups in total. The first kappa shape index (κ1) is 16.6. The lowest BCUT2D eigenvalue weighted by Crippen LogP contribution is -2.34. The minimum Gasteiger partial charge on any atom is -0.495 e. The van der Waals surface area contributed by atoms with Gasteiger partial charge in [-0.05, 0) is 44.1 Å². The molecule has 8 heteroatoms. The minimum absolute atomic E-state index is 0.0188. The Kier molecular flexibility index (Phi) is 5.25. The molecule has 1 amide bonds. The fourth-order valence-corrected chi connectivity index (χ4v) is 2.95. The highest BCUT2D eigenvalue weighted by Gasteiger charge is 2.21. The molecule has 0 aliphatic carbocycles. The van der Waals surface area contributed by atoms with Crippen molar-refractivity contribution in [1.82, 2.24) is 5.32 Å². The van der Waals surface area contributed by atoms with Crippen LogP contribution in [-0.2, 0) is 14.8 Å². The Morgan fingerprint density at radius 3 is 2.59 bits per heavy atom. The molecular formula is C14H21N3O4S. The van der Waals surface area contributed by atoms with E-state index >= 15 is 0 Å². The maximum atomic E-state index is 12.2. The summed E-state index contributed by atoms with van der Waals surface area (Å²) in [5.41, 5.74) is 0.837. The van der Waals surface area contributed by atoms with Gasteiger partial charge in [0.05, 0.1) is 19.1 Å². The SMILES string of the molecule is COc1ccc(NC(=O)C2CCNCC2)cc1NS(C)(=O)=O. The predicted octanol–water partition coefficient (Wildman–Crippen LogP) is 1.00. The van der Waals surface area contributed by atoms with E-state index in [0.29, 0.717) is 17.1 Å². The van der Waals surface area contributed by atoms with E-state index in [4.69, 9.17) is 4.74 Å². The van der Waals surface area contributed by atoms with Crippen molar-refractivity contribution in [1.29, 1.82) is 0 Å². The molecule has 122 valence electrons. The van der Waals surface area contributed by atoms with Crippen LogP contribution in [0.5, 0.6) is 5.75 Å². The molecule has 1 aliphatic heterocycles. The van der Waals surface area contributed by atoms with Crippen LogP contribution in [0.1, 0.15) is 12.8 Å². The van der Waals surface area contributed by atoms with Crippen molar-refractivity contribution >= 4 is 27.3 Å². The van der Waals surface area contributed by atoms with Gasteiger partial charge in [-0.2, -0.15) is 0 Å². The molecule has 1 heterocycles. The van der Waals surface area contributed by atoms with Gasteiger partial charge in [-0.1, -0.05) is 0 Å². The van der Waals surface area contributed by atoms with Crippen LogP contribution >= 0.6 is 0 Å². The Morgan fingerprint density at radius 2 is 2.00 bits per heavy atom. The van der Waals surface area contributed by atoms with Gasteiger partial charge < -0.3 is 15.4 Å². The van der Waals surface area contributed by atoms with Gasteiger partial charge >= 0.3 is 0 Å². The molecule has 0 unspecified atom stereocenters. The lowest BCUT2D eigenvalue weighted by atomic mass is 9.97. The average Bonchev–Trinajstić information content (AvgIpc) is 2.47. The average molecular weight is 327 g/mol. The third-order valence-electron chi connectivity index (χ3n) is 3.47. The minimum atomic E-state index is -3.43. The van der Waals surface area contributed by atoms with E-state index in [-0.39, 0.29) is 11.8 Å². The van der Waals surface area contributed by atoms with Gasteiger partial charge in [0.25, 0.3) is 0 Å². The number of hydrogen-bond acceptors (Lipinski definition) is 5. The van der Waals surface area contributed by atoms with E-state index in [1.807, 2.05) is 0 Å². The van der Waals surface area contributed by atoms with Gasteiger partial charge in [0.1, 0.15) is 5.75 Å². The first-order valence-corrected chi connectivity index (χ1v) is 8.95. The topological polar surface area (TPSA) is 96.5 Å². The summed E-state index contributed by atoms with van der Waals surface area (Å²) in [6.45, 7) is 1.67. The standard InChI is InChI=1S/C14H21N3O4S/c1-21-13-4-3-11(9-12(13)17-22(2,19)20)16-14(18)10-5-7-15-8-6-10/h3-4,9-10,15,17H,5-8H2,1-2H3,(H,16,18). The molecule has 1 aliphatic rings. The van der Waals surface area contributed by atoms with Crippen LogP contribution in [0.25, 0.3) is 0 Å². The molecule has 0 radical (unpaired) electrons. The van der Waals surface area contributed by atoms with E-state index in [0.717, 1.165) is 32.2 Å². The predicted molar refractivity (Wildman–Crippen MR) is 85.7 cm³/mol. The number of anilines is 2. The second-order valence-electron chi connectivity index (χ2n) is 5.30. The summed E-state index contributed by atoms with van der Waals surface area (Å²) in [7, 11) is -1.97. The van der Waals surface area contributed by atoms with Crippen LogP contribution in [0.15, 0.2) is 18.2 Å². The zero-order valence-electron chi connectivity index (χ0n) is 12.7. The first-order chi connectivity index (χ1) is 10.4. The molecule has 2 rings (SSSR count). The van der Waals surface area contributed by atoms with Crippen molar-refractivity contribution in [2.45, 2.75) is 12.8 Å². The van der Waals surface area contributed by atoms with E-state index < -0.39 is 10.0 Å². The highest BCUT2D eigenvalue weighted by atomic mass is 32.2. The number of rotatable bonds is 5. The van der Waals surface area contributed by atoms with Gasteiger partial charge in [0, 0.05) is 11.6 Å². The summed E-state index contributed by atoms with van der Waals surface area (Å²) >= 11 is 0. The summed E-state index contributed by atoms with van der Waals surface area (Å²) in [6, 6.07) is 4.86. The smallest absolute Gasteiger partial charge is 0.229 e. The number of methoxy groups -OCH3 is 1. The molecule has 1 fully saturated rings. The van der Waals surface area contributed by atoms with Crippen molar-refractivity contribution in [3.63, 3.8) is 0 Å². The van der Waals surface area contributed by atoms with E-state index in [1.54, 1.807) is 18.2 Å². The van der Waals surface area contributed by atoms with Crippen molar-refractivity contribution in [2.24, 2.45) is 5.92 Å². The Bertz CT molecular complexity index is 639. The van der Waals surface area contributed by atoms with Crippen LogP contribution in [0, 0.1) is 5.92 Å². The molecule has 1 aromatic carbocycles. The summed E-state index contributed by atoms with van der Waals surface area (Å²) < 4.78 is 30.3. The Labute approximate surface area is 130 Å². The fourth-order valence-electron chi connectivity index (χ4n) is 2.39. The largest absolute Gasteiger partial charge is 0.495 e. The zero-order chi connectivity index (χ0) is 16.2. The maximum Gasteiger partial charge on any atom is 0.229 e. The molecule has 0 saturated carbocycles. The van der Waals surface area contributed by atoms with Gasteiger partial charge in [-0.3, -0.25) is 9.52 Å². The van der Waals surface area contributed by atoms with Crippen molar-refractivity contribution in [3.05, 3.63) is 18.2 Å². The van der Waals surface area contributed by atoms with Crippen molar-refractivity contribution < 1.29 is 17.9 Å². The van der Waals surface area contributed by atoms with E-state index in [1.165, 1.54) is 7.11 Å². The number of sulfonamides is 1. The molecule has 7 nitrogen and oxygen atoms in total.